The van der Waals surface area contributed by atoms with Crippen LogP contribution in [0.25, 0.3) is 0 Å². The molecule has 2 heterocycles. The summed E-state index contributed by atoms with van der Waals surface area (Å²) >= 11 is 0. The van der Waals surface area contributed by atoms with Gasteiger partial charge in [0.05, 0.1) is 23.3 Å². The van der Waals surface area contributed by atoms with Gasteiger partial charge < -0.3 is 46.4 Å². The quantitative estimate of drug-likeness (QED) is 0.0546. The highest BCUT2D eigenvalue weighted by molar-refractivity contribution is 7.53. The van der Waals surface area contributed by atoms with E-state index in [0.29, 0.717) is 25.1 Å². The summed E-state index contributed by atoms with van der Waals surface area (Å²) in [5.74, 6) is -6.65. The van der Waals surface area contributed by atoms with Gasteiger partial charge in [0.15, 0.2) is 0 Å². The highest BCUT2D eigenvalue weighted by Gasteiger charge is 2.38. The second-order valence-corrected chi connectivity index (χ2v) is 19.8. The molecule has 0 aliphatic carbocycles. The maximum Gasteiger partial charge on any atom is 0.336 e. The predicted molar refractivity (Wildman–Crippen MR) is 219 cm³/mol. The molecule has 1 aromatic rings. The molecule has 1 aliphatic heterocycles. The van der Waals surface area contributed by atoms with E-state index in [9.17, 15) is 42.9 Å². The van der Waals surface area contributed by atoms with E-state index in [0.717, 1.165) is 0 Å². The number of aromatic amines is 1. The minimum absolute atomic E-state index is 0.0585. The van der Waals surface area contributed by atoms with Gasteiger partial charge in [-0.3, -0.25) is 52.0 Å². The van der Waals surface area contributed by atoms with Crippen LogP contribution in [-0.2, 0) is 67.9 Å². The number of nitrogens with one attached hydrogen (secondary N) is 5. The van der Waals surface area contributed by atoms with Crippen molar-refractivity contribution in [3.63, 3.8) is 0 Å². The van der Waals surface area contributed by atoms with Gasteiger partial charge in [-0.15, -0.1) is 0 Å². The van der Waals surface area contributed by atoms with E-state index in [2.05, 4.69) is 31.2 Å². The molecule has 61 heavy (non-hydrogen) atoms. The molecule has 0 aromatic carbocycles. The first-order valence-corrected chi connectivity index (χ1v) is 21.9. The number of nitrogens with two attached hydrogens (primary N) is 1. The Morgan fingerprint density at radius 1 is 0.852 bits per heavy atom. The standard InChI is InChI=1S/C39H65N8O13P/c1-22(2)15-27(45-35(53)29-13-12-14-47(29)25(5)48)34(52)44-28(16-26-17-41-19-42-26)33(51)43-24(4)32(50)46-30(31(40)49)23(3)18-61(56,59-20-57-36(54)38(6,7)8)60-21-58-37(55)39(9,10)11/h17,19,22-24,27-30H,12-16,18,20-21H2,1-11H3,(H2,40,49)(H,41,42)(H,43,51)(H,44,52)(H,45,53)(H,46,50)/t23-,24-,27-,28-,29-,30-/m0/s1. The van der Waals surface area contributed by atoms with E-state index >= 15 is 0 Å². The van der Waals surface area contributed by atoms with Crippen molar-refractivity contribution in [1.82, 2.24) is 36.1 Å². The van der Waals surface area contributed by atoms with Crippen LogP contribution < -0.4 is 27.0 Å². The number of carbonyl (C=O) groups excluding carboxylic acids is 8. The Kier molecular flexibility index (Phi) is 19.5. The van der Waals surface area contributed by atoms with Crippen LogP contribution in [0.5, 0.6) is 0 Å². The Hall–Kier alpha value is -4.88. The number of ether oxygens (including phenoxy) is 2. The smallest absolute Gasteiger partial charge is 0.336 e. The van der Waals surface area contributed by atoms with Gasteiger partial charge in [0.1, 0.15) is 30.2 Å². The number of amides is 6. The number of likely N-dealkylation sites (tertiary alicyclic amines) is 1. The molecule has 1 aromatic heterocycles. The zero-order chi connectivity index (χ0) is 46.5. The van der Waals surface area contributed by atoms with Crippen molar-refractivity contribution in [3.8, 4) is 0 Å². The molecule has 6 atom stereocenters. The fourth-order valence-electron chi connectivity index (χ4n) is 5.99. The molecule has 22 heteroatoms. The molecule has 1 fully saturated rings. The van der Waals surface area contributed by atoms with Crippen LogP contribution in [0.2, 0.25) is 0 Å². The number of H-pyrrole nitrogens is 1. The Labute approximate surface area is 357 Å². The second-order valence-electron chi connectivity index (χ2n) is 17.7. The average Bonchev–Trinajstić information content (AvgIpc) is 3.85. The number of primary amides is 1. The van der Waals surface area contributed by atoms with E-state index in [1.54, 1.807) is 41.5 Å². The van der Waals surface area contributed by atoms with Gasteiger partial charge in [-0.2, -0.15) is 0 Å². The van der Waals surface area contributed by atoms with Gasteiger partial charge in [-0.05, 0) is 79.6 Å². The summed E-state index contributed by atoms with van der Waals surface area (Å²) in [6.45, 7) is 16.1. The molecule has 0 radical (unpaired) electrons. The fraction of sp³-hybridized carbons (Fsp3) is 0.718. The van der Waals surface area contributed by atoms with Crippen molar-refractivity contribution in [2.45, 2.75) is 132 Å². The Balaban J connectivity index is 2.23. The van der Waals surface area contributed by atoms with Crippen LogP contribution in [-0.4, -0.2) is 119 Å². The molecule has 2 rings (SSSR count). The maximum absolute atomic E-state index is 13.9. The molecular formula is C39H65N8O13P. The zero-order valence-electron chi connectivity index (χ0n) is 37.1. The van der Waals surface area contributed by atoms with Crippen LogP contribution in [0.4, 0.5) is 0 Å². The molecule has 7 N–H and O–H groups in total. The summed E-state index contributed by atoms with van der Waals surface area (Å²) < 4.78 is 34.8. The van der Waals surface area contributed by atoms with E-state index in [-0.39, 0.29) is 24.7 Å². The van der Waals surface area contributed by atoms with Crippen LogP contribution in [0.3, 0.4) is 0 Å². The number of imidazole rings is 1. The first-order chi connectivity index (χ1) is 28.1. The van der Waals surface area contributed by atoms with Crippen LogP contribution in [0.15, 0.2) is 12.5 Å². The number of hydrogen-bond donors (Lipinski definition) is 6. The SMILES string of the molecule is CC(=O)N1CCC[C@H]1C(=O)N[C@@H](CC(C)C)C(=O)N[C@@H](Cc1cnc[nH]1)C(=O)N[C@@H](C)C(=O)N[C@H](C(N)=O)[C@@H](C)CP(=O)(OCOC(=O)C(C)(C)C)OCOC(=O)C(C)(C)C. The summed E-state index contributed by atoms with van der Waals surface area (Å²) in [5, 5.41) is 10.4. The highest BCUT2D eigenvalue weighted by Crippen LogP contribution is 2.50. The number of aromatic nitrogens is 2. The molecule has 0 unspecified atom stereocenters. The van der Waals surface area contributed by atoms with Gasteiger partial charge in [0.2, 0.25) is 49.0 Å². The normalized spacial score (nSPS) is 17.0. The minimum Gasteiger partial charge on any atom is -0.438 e. The Bertz CT molecular complexity index is 1720. The highest BCUT2D eigenvalue weighted by atomic mass is 31.2. The van der Waals surface area contributed by atoms with Crippen molar-refractivity contribution in [2.24, 2.45) is 28.4 Å². The number of esters is 2. The largest absolute Gasteiger partial charge is 0.438 e. The third-order valence-corrected chi connectivity index (χ3v) is 11.5. The van der Waals surface area contributed by atoms with Crippen molar-refractivity contribution in [2.75, 3.05) is 26.3 Å². The van der Waals surface area contributed by atoms with E-state index < -0.39 is 116 Å². The van der Waals surface area contributed by atoms with Gasteiger partial charge in [-0.1, -0.05) is 20.8 Å². The zero-order valence-corrected chi connectivity index (χ0v) is 38.0. The summed E-state index contributed by atoms with van der Waals surface area (Å²) in [5.41, 5.74) is 4.27. The number of carbonyl (C=O) groups is 8. The maximum atomic E-state index is 13.9. The van der Waals surface area contributed by atoms with E-state index in [4.69, 9.17) is 24.3 Å². The van der Waals surface area contributed by atoms with Gasteiger partial charge in [-0.25, -0.2) is 4.98 Å². The van der Waals surface area contributed by atoms with E-state index in [1.165, 1.54) is 38.2 Å². The molecule has 0 saturated carbocycles. The third-order valence-electron chi connectivity index (χ3n) is 9.45. The van der Waals surface area contributed by atoms with Gasteiger partial charge >= 0.3 is 19.5 Å². The number of nitrogens with zero attached hydrogens (tertiary/aromatic N) is 2. The summed E-state index contributed by atoms with van der Waals surface area (Å²) in [6, 6.07) is -5.94. The Morgan fingerprint density at radius 3 is 1.89 bits per heavy atom. The molecule has 6 amide bonds. The lowest BCUT2D eigenvalue weighted by atomic mass is 9.98. The topological polar surface area (TPSA) is 297 Å². The lowest BCUT2D eigenvalue weighted by Gasteiger charge is -2.29. The molecular weight excluding hydrogens is 819 g/mol. The fourth-order valence-corrected chi connectivity index (χ4v) is 7.62. The number of hydrogen-bond acceptors (Lipinski definition) is 14. The molecule has 0 bridgehead atoms. The first kappa shape index (κ1) is 52.3. The van der Waals surface area contributed by atoms with Crippen LogP contribution in [0.1, 0.15) is 101 Å². The minimum atomic E-state index is -4.35. The van der Waals surface area contributed by atoms with Crippen LogP contribution >= 0.6 is 7.60 Å². The van der Waals surface area contributed by atoms with Gasteiger partial charge in [0.25, 0.3) is 0 Å². The molecule has 0 spiro atoms. The average molecular weight is 885 g/mol. The molecule has 1 saturated heterocycles. The van der Waals surface area contributed by atoms with Gasteiger partial charge in [0, 0.05) is 31.8 Å². The lowest BCUT2D eigenvalue weighted by molar-refractivity contribution is -0.162. The summed E-state index contributed by atoms with van der Waals surface area (Å²) in [6.07, 6.45) is 3.42. The third kappa shape index (κ3) is 17.2. The monoisotopic (exact) mass is 884 g/mol. The van der Waals surface area contributed by atoms with Crippen molar-refractivity contribution >= 4 is 55.0 Å². The first-order valence-electron chi connectivity index (χ1n) is 20.1. The molecule has 1 aliphatic rings. The summed E-state index contributed by atoms with van der Waals surface area (Å²) in [7, 11) is -4.35. The number of rotatable bonds is 22. The summed E-state index contributed by atoms with van der Waals surface area (Å²) in [4.78, 5) is 112. The van der Waals surface area contributed by atoms with Crippen molar-refractivity contribution in [3.05, 3.63) is 18.2 Å². The predicted octanol–water partition coefficient (Wildman–Crippen LogP) is 1.41. The second kappa shape index (κ2) is 22.8. The van der Waals surface area contributed by atoms with E-state index in [1.807, 2.05) is 13.8 Å². The molecule has 21 nitrogen and oxygen atoms in total. The molecule has 344 valence electrons. The Morgan fingerprint density at radius 2 is 1.41 bits per heavy atom. The van der Waals surface area contributed by atoms with Crippen molar-refractivity contribution in [1.29, 1.82) is 0 Å². The van der Waals surface area contributed by atoms with Crippen molar-refractivity contribution < 1.29 is 61.4 Å². The lowest BCUT2D eigenvalue weighted by Crippen LogP contribution is -2.59. The van der Waals surface area contributed by atoms with Crippen LogP contribution in [0, 0.1) is 22.7 Å².